The van der Waals surface area contributed by atoms with E-state index < -0.39 is 5.91 Å². The van der Waals surface area contributed by atoms with Gasteiger partial charge in [0.1, 0.15) is 10.7 Å². The molecule has 5 rings (SSSR count). The third-order valence-electron chi connectivity index (χ3n) is 7.01. The van der Waals surface area contributed by atoms with Crippen LogP contribution in [-0.4, -0.2) is 41.8 Å². The maximum Gasteiger partial charge on any atom is 0.279 e. The van der Waals surface area contributed by atoms with Crippen LogP contribution in [0.5, 0.6) is 0 Å². The van der Waals surface area contributed by atoms with Crippen molar-refractivity contribution in [1.82, 2.24) is 4.90 Å². The molecule has 2 aliphatic heterocycles. The first-order valence-electron chi connectivity index (χ1n) is 12.3. The van der Waals surface area contributed by atoms with Crippen molar-refractivity contribution in [2.24, 2.45) is 0 Å². The van der Waals surface area contributed by atoms with Crippen molar-refractivity contribution in [3.8, 4) is 0 Å². The lowest BCUT2D eigenvalue weighted by Crippen LogP contribution is -2.42. The normalized spacial score (nSPS) is 19.0. The van der Waals surface area contributed by atoms with Crippen molar-refractivity contribution in [3.63, 3.8) is 0 Å². The number of carbonyl (C=O) groups is 3. The Hall–Kier alpha value is -3.32. The van der Waals surface area contributed by atoms with Gasteiger partial charge in [0.15, 0.2) is 0 Å². The minimum atomic E-state index is -0.433. The van der Waals surface area contributed by atoms with Gasteiger partial charge in [-0.1, -0.05) is 30.9 Å². The topological polar surface area (TPSA) is 81.8 Å². The Morgan fingerprint density at radius 1 is 0.800 bits per heavy atom. The number of anilines is 3. The summed E-state index contributed by atoms with van der Waals surface area (Å²) in [6, 6.07) is 14.5. The average Bonchev–Trinajstić information content (AvgIpc) is 3.49. The number of rotatable bonds is 6. The summed E-state index contributed by atoms with van der Waals surface area (Å²) in [7, 11) is 0. The van der Waals surface area contributed by atoms with Gasteiger partial charge in [-0.25, -0.2) is 0 Å². The number of hydrogen-bond donors (Lipinski definition) is 2. The van der Waals surface area contributed by atoms with E-state index in [1.54, 1.807) is 24.3 Å². The number of nitrogens with zero attached hydrogens (tertiary/aromatic N) is 2. The molecule has 2 aromatic carbocycles. The average molecular weight is 493 g/mol. The third-order valence-corrected chi connectivity index (χ3v) is 7.36. The Balaban J connectivity index is 1.21. The Kier molecular flexibility index (Phi) is 6.77. The standard InChI is InChI=1S/C27H29ClN4O3/c28-23-24(27(35)32(26(23)34)22-6-2-1-3-7-22)29-19-10-8-18(9-11-19)25(33)30-20-12-14-21(15-13-20)31-16-4-5-17-31/h8-15,22,29H,1-7,16-17H2,(H,30,33). The van der Waals surface area contributed by atoms with Crippen LogP contribution in [0.4, 0.5) is 17.1 Å². The van der Waals surface area contributed by atoms with Crippen LogP contribution in [-0.2, 0) is 9.59 Å². The van der Waals surface area contributed by atoms with E-state index in [2.05, 4.69) is 15.5 Å². The number of hydrogen-bond acceptors (Lipinski definition) is 5. The quantitative estimate of drug-likeness (QED) is 0.548. The Bertz CT molecular complexity index is 1150. The molecule has 2 N–H and O–H groups in total. The van der Waals surface area contributed by atoms with Crippen molar-refractivity contribution in [2.45, 2.75) is 51.0 Å². The summed E-state index contributed by atoms with van der Waals surface area (Å²) >= 11 is 6.25. The van der Waals surface area contributed by atoms with Gasteiger partial charge >= 0.3 is 0 Å². The molecule has 0 spiro atoms. The van der Waals surface area contributed by atoms with Crippen LogP contribution in [0.1, 0.15) is 55.3 Å². The summed E-state index contributed by atoms with van der Waals surface area (Å²) in [4.78, 5) is 41.9. The van der Waals surface area contributed by atoms with Gasteiger partial charge in [-0.3, -0.25) is 19.3 Å². The van der Waals surface area contributed by atoms with Crippen molar-refractivity contribution in [3.05, 3.63) is 64.8 Å². The van der Waals surface area contributed by atoms with Crippen LogP contribution in [0, 0.1) is 0 Å². The Labute approximate surface area is 210 Å². The van der Waals surface area contributed by atoms with E-state index in [0.29, 0.717) is 11.3 Å². The second-order valence-electron chi connectivity index (χ2n) is 9.36. The van der Waals surface area contributed by atoms with E-state index in [0.717, 1.165) is 50.9 Å². The van der Waals surface area contributed by atoms with Gasteiger partial charge in [0, 0.05) is 41.8 Å². The second kappa shape index (κ2) is 10.1. The zero-order chi connectivity index (χ0) is 24.4. The monoisotopic (exact) mass is 492 g/mol. The smallest absolute Gasteiger partial charge is 0.279 e. The van der Waals surface area contributed by atoms with Crippen molar-refractivity contribution >= 4 is 46.4 Å². The highest BCUT2D eigenvalue weighted by molar-refractivity contribution is 6.48. The van der Waals surface area contributed by atoms with Gasteiger partial charge in [-0.15, -0.1) is 0 Å². The van der Waals surface area contributed by atoms with Gasteiger partial charge in [-0.2, -0.15) is 0 Å². The Morgan fingerprint density at radius 3 is 2.09 bits per heavy atom. The summed E-state index contributed by atoms with van der Waals surface area (Å²) in [5.74, 6) is -1.04. The van der Waals surface area contributed by atoms with Gasteiger partial charge in [0.2, 0.25) is 0 Å². The van der Waals surface area contributed by atoms with E-state index in [9.17, 15) is 14.4 Å². The molecule has 1 saturated carbocycles. The summed E-state index contributed by atoms with van der Waals surface area (Å²) in [5, 5.41) is 5.82. The zero-order valence-electron chi connectivity index (χ0n) is 19.6. The van der Waals surface area contributed by atoms with E-state index in [1.807, 2.05) is 24.3 Å². The Morgan fingerprint density at radius 2 is 1.43 bits per heavy atom. The molecule has 0 bridgehead atoms. The lowest BCUT2D eigenvalue weighted by molar-refractivity contribution is -0.140. The van der Waals surface area contributed by atoms with Crippen LogP contribution in [0.15, 0.2) is 59.3 Å². The first-order chi connectivity index (χ1) is 17.0. The van der Waals surface area contributed by atoms with Gasteiger partial charge in [0.25, 0.3) is 17.7 Å². The number of carbonyl (C=O) groups excluding carboxylic acids is 3. The molecule has 7 nitrogen and oxygen atoms in total. The van der Waals surface area contributed by atoms with Crippen LogP contribution >= 0.6 is 11.6 Å². The second-order valence-corrected chi connectivity index (χ2v) is 9.74. The number of halogens is 1. The molecule has 8 heteroatoms. The van der Waals surface area contributed by atoms with Crippen LogP contribution in [0.25, 0.3) is 0 Å². The lowest BCUT2D eigenvalue weighted by Gasteiger charge is -2.29. The summed E-state index contributed by atoms with van der Waals surface area (Å²) < 4.78 is 0. The van der Waals surface area contributed by atoms with Crippen molar-refractivity contribution in [1.29, 1.82) is 0 Å². The van der Waals surface area contributed by atoms with Crippen LogP contribution in [0.2, 0.25) is 0 Å². The highest BCUT2D eigenvalue weighted by atomic mass is 35.5. The van der Waals surface area contributed by atoms with Crippen LogP contribution in [0.3, 0.4) is 0 Å². The zero-order valence-corrected chi connectivity index (χ0v) is 20.3. The largest absolute Gasteiger partial charge is 0.372 e. The summed E-state index contributed by atoms with van der Waals surface area (Å²) in [6.07, 6.45) is 7.22. The molecular formula is C27H29ClN4O3. The highest BCUT2D eigenvalue weighted by Gasteiger charge is 2.42. The first kappa shape index (κ1) is 23.4. The SMILES string of the molecule is O=C(Nc1ccc(N2CCCC2)cc1)c1ccc(NC2=C(Cl)C(=O)N(C3CCCCC3)C2=O)cc1. The highest BCUT2D eigenvalue weighted by Crippen LogP contribution is 2.32. The predicted octanol–water partition coefficient (Wildman–Crippen LogP) is 5.10. The number of nitrogens with one attached hydrogen (secondary N) is 2. The molecule has 0 radical (unpaired) electrons. The van der Waals surface area contributed by atoms with Crippen LogP contribution < -0.4 is 15.5 Å². The fraction of sp³-hybridized carbons (Fsp3) is 0.370. The molecule has 3 amide bonds. The summed E-state index contributed by atoms with van der Waals surface area (Å²) in [6.45, 7) is 2.15. The first-order valence-corrected chi connectivity index (χ1v) is 12.7. The molecule has 0 atom stereocenters. The molecule has 0 unspecified atom stereocenters. The molecule has 2 aromatic rings. The van der Waals surface area contributed by atoms with E-state index in [-0.39, 0.29) is 28.6 Å². The number of amides is 3. The number of benzene rings is 2. The van der Waals surface area contributed by atoms with E-state index >= 15 is 0 Å². The molecule has 2 fully saturated rings. The molecule has 182 valence electrons. The molecular weight excluding hydrogens is 464 g/mol. The molecule has 35 heavy (non-hydrogen) atoms. The lowest BCUT2D eigenvalue weighted by atomic mass is 9.94. The molecule has 3 aliphatic rings. The van der Waals surface area contributed by atoms with E-state index in [4.69, 9.17) is 11.6 Å². The van der Waals surface area contributed by atoms with Gasteiger partial charge < -0.3 is 15.5 Å². The van der Waals surface area contributed by atoms with Crippen molar-refractivity contribution < 1.29 is 14.4 Å². The maximum atomic E-state index is 12.9. The van der Waals surface area contributed by atoms with Gasteiger partial charge in [0.05, 0.1) is 0 Å². The molecule has 2 heterocycles. The summed E-state index contributed by atoms with van der Waals surface area (Å²) in [5.41, 5.74) is 3.06. The fourth-order valence-electron chi connectivity index (χ4n) is 5.08. The third kappa shape index (κ3) is 4.91. The predicted molar refractivity (Wildman–Crippen MR) is 138 cm³/mol. The number of imide groups is 1. The van der Waals surface area contributed by atoms with Gasteiger partial charge in [-0.05, 0) is 74.2 Å². The minimum absolute atomic E-state index is 0.0835. The minimum Gasteiger partial charge on any atom is -0.372 e. The molecule has 1 saturated heterocycles. The fourth-order valence-corrected chi connectivity index (χ4v) is 5.30. The molecule has 0 aromatic heterocycles. The van der Waals surface area contributed by atoms with Crippen molar-refractivity contribution in [2.75, 3.05) is 28.6 Å². The maximum absolute atomic E-state index is 12.9. The van der Waals surface area contributed by atoms with E-state index in [1.165, 1.54) is 23.4 Å². The molecule has 1 aliphatic carbocycles.